The Balaban J connectivity index is 1.91. The molecule has 0 radical (unpaired) electrons. The zero-order valence-corrected chi connectivity index (χ0v) is 8.67. The Bertz CT molecular complexity index is 160. The van der Waals surface area contributed by atoms with Crippen molar-refractivity contribution >= 4 is 0 Å². The second kappa shape index (κ2) is 4.43. The van der Waals surface area contributed by atoms with Crippen molar-refractivity contribution in [2.24, 2.45) is 5.92 Å². The van der Waals surface area contributed by atoms with Gasteiger partial charge in [-0.1, -0.05) is 13.3 Å². The van der Waals surface area contributed by atoms with Crippen LogP contribution in [0.5, 0.6) is 0 Å². The molecular weight excluding hydrogens is 162 g/mol. The van der Waals surface area contributed by atoms with Gasteiger partial charge in [0.25, 0.3) is 0 Å². The van der Waals surface area contributed by atoms with Crippen LogP contribution in [-0.2, 0) is 4.74 Å². The largest absolute Gasteiger partial charge is 0.366 e. The van der Waals surface area contributed by atoms with Gasteiger partial charge in [-0.25, -0.2) is 0 Å². The van der Waals surface area contributed by atoms with E-state index in [1.807, 2.05) is 0 Å². The maximum absolute atomic E-state index is 5.58. The molecule has 0 saturated carbocycles. The van der Waals surface area contributed by atoms with Crippen molar-refractivity contribution < 1.29 is 4.74 Å². The van der Waals surface area contributed by atoms with Gasteiger partial charge in [0.05, 0.1) is 6.73 Å². The van der Waals surface area contributed by atoms with Crippen LogP contribution in [0.2, 0.25) is 0 Å². The van der Waals surface area contributed by atoms with E-state index in [9.17, 15) is 0 Å². The van der Waals surface area contributed by atoms with E-state index in [1.165, 1.54) is 38.6 Å². The molecule has 0 bridgehead atoms. The zero-order chi connectivity index (χ0) is 9.10. The lowest BCUT2D eigenvalue weighted by atomic mass is 9.90. The molecule has 2 heterocycles. The van der Waals surface area contributed by atoms with E-state index >= 15 is 0 Å². The highest BCUT2D eigenvalue weighted by Crippen LogP contribution is 2.27. The molecule has 0 N–H and O–H groups in total. The SMILES string of the molecule is CC[C@@H]1CC[C@H]2CCCOCN2C1. The fourth-order valence-corrected chi connectivity index (χ4v) is 2.60. The van der Waals surface area contributed by atoms with Crippen molar-refractivity contribution in [2.75, 3.05) is 19.9 Å². The van der Waals surface area contributed by atoms with Crippen molar-refractivity contribution in [1.82, 2.24) is 4.90 Å². The first-order chi connectivity index (χ1) is 6.40. The molecule has 2 nitrogen and oxygen atoms in total. The Morgan fingerprint density at radius 2 is 2.23 bits per heavy atom. The van der Waals surface area contributed by atoms with E-state index in [4.69, 9.17) is 4.74 Å². The summed E-state index contributed by atoms with van der Waals surface area (Å²) >= 11 is 0. The Hall–Kier alpha value is -0.0800. The summed E-state index contributed by atoms with van der Waals surface area (Å²) in [6.07, 6.45) is 6.80. The van der Waals surface area contributed by atoms with Gasteiger partial charge in [0, 0.05) is 19.2 Å². The van der Waals surface area contributed by atoms with E-state index in [-0.39, 0.29) is 0 Å². The predicted octanol–water partition coefficient (Wildman–Crippen LogP) is 2.24. The van der Waals surface area contributed by atoms with Crippen molar-refractivity contribution in [3.8, 4) is 0 Å². The summed E-state index contributed by atoms with van der Waals surface area (Å²) in [5.74, 6) is 0.929. The number of rotatable bonds is 1. The number of piperidine rings is 1. The van der Waals surface area contributed by atoms with Crippen molar-refractivity contribution in [3.63, 3.8) is 0 Å². The van der Waals surface area contributed by atoms with E-state index in [0.717, 1.165) is 25.3 Å². The third-order valence-electron chi connectivity index (χ3n) is 3.58. The summed E-state index contributed by atoms with van der Waals surface area (Å²) < 4.78 is 5.58. The minimum Gasteiger partial charge on any atom is -0.366 e. The minimum absolute atomic E-state index is 0.838. The molecule has 0 spiro atoms. The van der Waals surface area contributed by atoms with Crippen LogP contribution in [0, 0.1) is 5.92 Å². The highest BCUT2D eigenvalue weighted by Gasteiger charge is 2.28. The van der Waals surface area contributed by atoms with Crippen molar-refractivity contribution in [1.29, 1.82) is 0 Å². The second-order valence-corrected chi connectivity index (χ2v) is 4.46. The van der Waals surface area contributed by atoms with Crippen LogP contribution in [0.3, 0.4) is 0 Å². The summed E-state index contributed by atoms with van der Waals surface area (Å²) in [6, 6.07) is 0.838. The number of ether oxygens (including phenoxy) is 1. The number of hydrogen-bond acceptors (Lipinski definition) is 2. The lowest BCUT2D eigenvalue weighted by molar-refractivity contribution is -0.000353. The first-order valence-electron chi connectivity index (χ1n) is 5.72. The molecular formula is C11H21NO. The van der Waals surface area contributed by atoms with Gasteiger partial charge in [-0.3, -0.25) is 4.90 Å². The van der Waals surface area contributed by atoms with Crippen LogP contribution < -0.4 is 0 Å². The normalized spacial score (nSPS) is 36.7. The monoisotopic (exact) mass is 183 g/mol. The minimum atomic E-state index is 0.838. The standard InChI is InChI=1S/C11H21NO/c1-2-10-5-6-11-4-3-7-13-9-12(11)8-10/h10-11H,2-9H2,1H3/t10-,11-/m1/s1. The topological polar surface area (TPSA) is 12.5 Å². The molecule has 2 saturated heterocycles. The first kappa shape index (κ1) is 9.47. The predicted molar refractivity (Wildman–Crippen MR) is 53.6 cm³/mol. The van der Waals surface area contributed by atoms with Crippen LogP contribution in [0.25, 0.3) is 0 Å². The van der Waals surface area contributed by atoms with Crippen LogP contribution in [0.1, 0.15) is 39.0 Å². The van der Waals surface area contributed by atoms with Crippen LogP contribution in [0.4, 0.5) is 0 Å². The maximum Gasteiger partial charge on any atom is 0.0992 e. The van der Waals surface area contributed by atoms with E-state index < -0.39 is 0 Å². The smallest absolute Gasteiger partial charge is 0.0992 e. The lowest BCUT2D eigenvalue weighted by Crippen LogP contribution is -2.43. The zero-order valence-electron chi connectivity index (χ0n) is 8.67. The maximum atomic E-state index is 5.58. The van der Waals surface area contributed by atoms with Gasteiger partial charge in [0.15, 0.2) is 0 Å². The highest BCUT2D eigenvalue weighted by molar-refractivity contribution is 4.80. The molecule has 0 amide bonds. The van der Waals surface area contributed by atoms with Gasteiger partial charge in [-0.2, -0.15) is 0 Å². The third-order valence-corrected chi connectivity index (χ3v) is 3.58. The average molecular weight is 183 g/mol. The molecule has 2 aliphatic rings. The second-order valence-electron chi connectivity index (χ2n) is 4.46. The van der Waals surface area contributed by atoms with Gasteiger partial charge in [0.2, 0.25) is 0 Å². The van der Waals surface area contributed by atoms with Crippen LogP contribution in [0.15, 0.2) is 0 Å². The molecule has 2 rings (SSSR count). The Morgan fingerprint density at radius 3 is 3.08 bits per heavy atom. The summed E-state index contributed by atoms with van der Waals surface area (Å²) in [7, 11) is 0. The molecule has 2 atom stereocenters. The van der Waals surface area contributed by atoms with Gasteiger partial charge in [-0.15, -0.1) is 0 Å². The molecule has 2 heteroatoms. The molecule has 13 heavy (non-hydrogen) atoms. The van der Waals surface area contributed by atoms with Crippen molar-refractivity contribution in [2.45, 2.75) is 45.1 Å². The average Bonchev–Trinajstić information content (AvgIpc) is 2.41. The molecule has 0 aromatic rings. The lowest BCUT2D eigenvalue weighted by Gasteiger charge is -2.37. The molecule has 2 aliphatic heterocycles. The van der Waals surface area contributed by atoms with Gasteiger partial charge in [-0.05, 0) is 31.6 Å². The molecule has 2 fully saturated rings. The van der Waals surface area contributed by atoms with Gasteiger partial charge in [0.1, 0.15) is 0 Å². The molecule has 0 aliphatic carbocycles. The Labute approximate surface area is 81.3 Å². The van der Waals surface area contributed by atoms with Crippen molar-refractivity contribution in [3.05, 3.63) is 0 Å². The van der Waals surface area contributed by atoms with Gasteiger partial charge >= 0.3 is 0 Å². The molecule has 0 unspecified atom stereocenters. The molecule has 0 aromatic carbocycles. The highest BCUT2D eigenvalue weighted by atomic mass is 16.5. The fourth-order valence-electron chi connectivity index (χ4n) is 2.60. The third kappa shape index (κ3) is 2.23. The van der Waals surface area contributed by atoms with Gasteiger partial charge < -0.3 is 4.74 Å². The van der Waals surface area contributed by atoms with E-state index in [1.54, 1.807) is 0 Å². The Kier molecular flexibility index (Phi) is 3.23. The van der Waals surface area contributed by atoms with E-state index in [2.05, 4.69) is 11.8 Å². The summed E-state index contributed by atoms with van der Waals surface area (Å²) in [5.41, 5.74) is 0. The molecule has 0 aromatic heterocycles. The Morgan fingerprint density at radius 1 is 1.31 bits per heavy atom. The summed E-state index contributed by atoms with van der Waals surface area (Å²) in [6.45, 7) is 5.45. The number of fused-ring (bicyclic) bond motifs is 1. The quantitative estimate of drug-likeness (QED) is 0.618. The molecule has 76 valence electrons. The van der Waals surface area contributed by atoms with E-state index in [0.29, 0.717) is 0 Å². The van der Waals surface area contributed by atoms with Crippen LogP contribution >= 0.6 is 0 Å². The van der Waals surface area contributed by atoms with Crippen LogP contribution in [-0.4, -0.2) is 30.8 Å². The first-order valence-corrected chi connectivity index (χ1v) is 5.72. The summed E-state index contributed by atoms with van der Waals surface area (Å²) in [5, 5.41) is 0. The number of hydrogen-bond donors (Lipinski definition) is 0. The fraction of sp³-hybridized carbons (Fsp3) is 1.00. The number of nitrogens with zero attached hydrogens (tertiary/aromatic N) is 1. The summed E-state index contributed by atoms with van der Waals surface area (Å²) in [4.78, 5) is 2.56.